The summed E-state index contributed by atoms with van der Waals surface area (Å²) in [6, 6.07) is 0.681. The van der Waals surface area contributed by atoms with Crippen molar-refractivity contribution in [3.05, 3.63) is 10.0 Å². The smallest absolute Gasteiger partial charge is 0.131 e. The third-order valence-corrected chi connectivity index (χ3v) is 5.97. The van der Waals surface area contributed by atoms with Gasteiger partial charge in [-0.3, -0.25) is 0 Å². The van der Waals surface area contributed by atoms with Crippen molar-refractivity contribution in [3.63, 3.8) is 0 Å². The minimum Gasteiger partial charge on any atom is -0.308 e. The maximum atomic E-state index is 4.24. The lowest BCUT2D eigenvalue weighted by molar-refractivity contribution is 0.148. The van der Waals surface area contributed by atoms with Crippen LogP contribution in [0.25, 0.3) is 0 Å². The van der Waals surface area contributed by atoms with E-state index in [1.807, 2.05) is 0 Å². The van der Waals surface area contributed by atoms with Gasteiger partial charge in [0.1, 0.15) is 10.0 Å². The summed E-state index contributed by atoms with van der Waals surface area (Å²) in [7, 11) is 0. The molecule has 1 heterocycles. The van der Waals surface area contributed by atoms with Gasteiger partial charge in [-0.05, 0) is 37.5 Å². The topological polar surface area (TPSA) is 37.8 Å². The van der Waals surface area contributed by atoms with Crippen LogP contribution in [-0.4, -0.2) is 16.2 Å². The van der Waals surface area contributed by atoms with Gasteiger partial charge in [0, 0.05) is 12.6 Å². The second-order valence-corrected chi connectivity index (χ2v) is 6.95. The first-order chi connectivity index (χ1) is 9.21. The number of nitrogens with zero attached hydrogens (tertiary/aromatic N) is 2. The Hall–Kier alpha value is -0.480. The highest BCUT2D eigenvalue weighted by molar-refractivity contribution is 7.11. The SMILES string of the molecule is CCc1nnc(CNC2CCC(CC)(CC)CC2)s1. The van der Waals surface area contributed by atoms with E-state index >= 15 is 0 Å². The fourth-order valence-electron chi connectivity index (χ4n) is 3.13. The maximum absolute atomic E-state index is 4.24. The molecule has 3 nitrogen and oxygen atoms in total. The van der Waals surface area contributed by atoms with Gasteiger partial charge in [0.2, 0.25) is 0 Å². The molecular formula is C15H27N3S. The fourth-order valence-corrected chi connectivity index (χ4v) is 3.86. The van der Waals surface area contributed by atoms with Gasteiger partial charge in [-0.1, -0.05) is 33.6 Å². The molecule has 2 rings (SSSR count). The Balaban J connectivity index is 1.76. The molecule has 1 aliphatic rings. The number of rotatable bonds is 6. The summed E-state index contributed by atoms with van der Waals surface area (Å²) in [5.74, 6) is 0. The Labute approximate surface area is 121 Å². The average Bonchev–Trinajstić information content (AvgIpc) is 2.94. The average molecular weight is 281 g/mol. The number of hydrogen-bond acceptors (Lipinski definition) is 4. The van der Waals surface area contributed by atoms with Crippen molar-refractivity contribution in [2.45, 2.75) is 78.3 Å². The highest BCUT2D eigenvalue weighted by Gasteiger charge is 2.31. The van der Waals surface area contributed by atoms with E-state index < -0.39 is 0 Å². The Bertz CT molecular complexity index is 374. The Morgan fingerprint density at radius 2 is 1.74 bits per heavy atom. The van der Waals surface area contributed by atoms with Crippen LogP contribution in [-0.2, 0) is 13.0 Å². The molecule has 0 aliphatic heterocycles. The molecule has 1 aromatic heterocycles. The zero-order valence-electron chi connectivity index (χ0n) is 12.5. The monoisotopic (exact) mass is 281 g/mol. The summed E-state index contributed by atoms with van der Waals surface area (Å²) < 4.78 is 0. The standard InChI is InChI=1S/C15H27N3S/c1-4-13-17-18-14(19-13)11-16-12-7-9-15(5-2,6-3)10-8-12/h12,16H,4-11H2,1-3H3. The molecule has 1 aromatic rings. The van der Waals surface area contributed by atoms with Crippen molar-refractivity contribution < 1.29 is 0 Å². The quantitative estimate of drug-likeness (QED) is 0.858. The molecule has 0 bridgehead atoms. The molecule has 0 aromatic carbocycles. The summed E-state index contributed by atoms with van der Waals surface area (Å²) in [5, 5.41) is 14.4. The van der Waals surface area contributed by atoms with Crippen LogP contribution in [0.15, 0.2) is 0 Å². The molecule has 1 saturated carbocycles. The highest BCUT2D eigenvalue weighted by Crippen LogP contribution is 2.41. The lowest BCUT2D eigenvalue weighted by atomic mass is 9.69. The zero-order chi connectivity index (χ0) is 13.7. The second-order valence-electron chi connectivity index (χ2n) is 5.81. The molecular weight excluding hydrogens is 254 g/mol. The summed E-state index contributed by atoms with van der Waals surface area (Å²) in [6.07, 6.45) is 9.08. The Kier molecular flexibility index (Phi) is 5.34. The van der Waals surface area contributed by atoms with Crippen molar-refractivity contribution in [2.75, 3.05) is 0 Å². The predicted octanol–water partition coefficient (Wildman–Crippen LogP) is 3.94. The zero-order valence-corrected chi connectivity index (χ0v) is 13.4. The lowest BCUT2D eigenvalue weighted by Crippen LogP contribution is -2.36. The van der Waals surface area contributed by atoms with Crippen molar-refractivity contribution in [3.8, 4) is 0 Å². The molecule has 1 aliphatic carbocycles. The molecule has 1 fully saturated rings. The van der Waals surface area contributed by atoms with E-state index in [4.69, 9.17) is 0 Å². The van der Waals surface area contributed by atoms with Gasteiger partial charge in [0.15, 0.2) is 0 Å². The van der Waals surface area contributed by atoms with E-state index in [-0.39, 0.29) is 0 Å². The van der Waals surface area contributed by atoms with Crippen LogP contribution < -0.4 is 5.32 Å². The summed E-state index contributed by atoms with van der Waals surface area (Å²) in [4.78, 5) is 0. The van der Waals surface area contributed by atoms with Crippen molar-refractivity contribution in [1.82, 2.24) is 15.5 Å². The summed E-state index contributed by atoms with van der Waals surface area (Å²) in [5.41, 5.74) is 0.635. The van der Waals surface area contributed by atoms with E-state index in [1.165, 1.54) is 38.5 Å². The predicted molar refractivity (Wildman–Crippen MR) is 81.4 cm³/mol. The van der Waals surface area contributed by atoms with Crippen LogP contribution >= 0.6 is 11.3 Å². The van der Waals surface area contributed by atoms with E-state index in [0.29, 0.717) is 11.5 Å². The van der Waals surface area contributed by atoms with Crippen LogP contribution in [0.5, 0.6) is 0 Å². The van der Waals surface area contributed by atoms with Crippen LogP contribution in [0.2, 0.25) is 0 Å². The third-order valence-electron chi connectivity index (χ3n) is 4.90. The number of nitrogens with one attached hydrogen (secondary N) is 1. The molecule has 108 valence electrons. The molecule has 1 N–H and O–H groups in total. The van der Waals surface area contributed by atoms with Gasteiger partial charge >= 0.3 is 0 Å². The third kappa shape index (κ3) is 3.76. The first kappa shape index (κ1) is 14.9. The van der Waals surface area contributed by atoms with Gasteiger partial charge < -0.3 is 5.32 Å². The van der Waals surface area contributed by atoms with Crippen molar-refractivity contribution in [2.24, 2.45) is 5.41 Å². The van der Waals surface area contributed by atoms with Gasteiger partial charge in [-0.2, -0.15) is 0 Å². The summed E-state index contributed by atoms with van der Waals surface area (Å²) in [6.45, 7) is 7.73. The molecule has 0 saturated heterocycles. The van der Waals surface area contributed by atoms with E-state index in [1.54, 1.807) is 11.3 Å². The largest absolute Gasteiger partial charge is 0.308 e. The van der Waals surface area contributed by atoms with E-state index in [2.05, 4.69) is 36.3 Å². The lowest BCUT2D eigenvalue weighted by Gasteiger charge is -2.39. The highest BCUT2D eigenvalue weighted by atomic mass is 32.1. The molecule has 0 amide bonds. The van der Waals surface area contributed by atoms with Gasteiger partial charge in [-0.25, -0.2) is 0 Å². The van der Waals surface area contributed by atoms with Gasteiger partial charge in [-0.15, -0.1) is 21.5 Å². The van der Waals surface area contributed by atoms with Crippen LogP contribution in [0, 0.1) is 5.41 Å². The normalized spacial score (nSPS) is 19.7. The van der Waals surface area contributed by atoms with Crippen molar-refractivity contribution in [1.29, 1.82) is 0 Å². The molecule has 0 atom stereocenters. The van der Waals surface area contributed by atoms with Crippen LogP contribution in [0.3, 0.4) is 0 Å². The molecule has 19 heavy (non-hydrogen) atoms. The van der Waals surface area contributed by atoms with Crippen molar-refractivity contribution >= 4 is 11.3 Å². The minimum absolute atomic E-state index is 0.635. The minimum atomic E-state index is 0.635. The molecule has 4 heteroatoms. The number of aromatic nitrogens is 2. The molecule has 0 unspecified atom stereocenters. The van der Waals surface area contributed by atoms with Gasteiger partial charge in [0.25, 0.3) is 0 Å². The molecule has 0 spiro atoms. The first-order valence-corrected chi connectivity index (χ1v) is 8.57. The summed E-state index contributed by atoms with van der Waals surface area (Å²) >= 11 is 1.75. The van der Waals surface area contributed by atoms with E-state index in [9.17, 15) is 0 Å². The second kappa shape index (κ2) is 6.80. The molecule has 0 radical (unpaired) electrons. The Morgan fingerprint density at radius 3 is 2.26 bits per heavy atom. The first-order valence-electron chi connectivity index (χ1n) is 7.76. The Morgan fingerprint density at radius 1 is 1.11 bits per heavy atom. The van der Waals surface area contributed by atoms with Crippen LogP contribution in [0.1, 0.15) is 69.3 Å². The fraction of sp³-hybridized carbons (Fsp3) is 0.867. The van der Waals surface area contributed by atoms with E-state index in [0.717, 1.165) is 23.0 Å². The maximum Gasteiger partial charge on any atom is 0.131 e. The number of aryl methyl sites for hydroxylation is 1. The number of hydrogen-bond donors (Lipinski definition) is 1. The van der Waals surface area contributed by atoms with Crippen LogP contribution in [0.4, 0.5) is 0 Å². The van der Waals surface area contributed by atoms with Gasteiger partial charge in [0.05, 0.1) is 0 Å².